The zero-order valence-corrected chi connectivity index (χ0v) is 14.1. The molecule has 1 heterocycles. The molecule has 20 heavy (non-hydrogen) atoms. The summed E-state index contributed by atoms with van der Waals surface area (Å²) in [5, 5.41) is 0. The van der Waals surface area contributed by atoms with Crippen molar-refractivity contribution >= 4 is 13.6 Å². The van der Waals surface area contributed by atoms with Crippen LogP contribution in [-0.2, 0) is 0 Å². The quantitative estimate of drug-likeness (QED) is 0.509. The van der Waals surface area contributed by atoms with Crippen molar-refractivity contribution < 1.29 is 0 Å². The molecule has 1 rings (SSSR count). The van der Waals surface area contributed by atoms with E-state index >= 15 is 0 Å². The van der Waals surface area contributed by atoms with E-state index in [1.54, 1.807) is 10.9 Å². The Kier molecular flexibility index (Phi) is 9.14. The molecular formula is C18H32B2. The molecule has 0 saturated heterocycles. The molecule has 0 nitrogen and oxygen atoms in total. The van der Waals surface area contributed by atoms with Crippen LogP contribution in [0.15, 0.2) is 12.1 Å². The predicted octanol–water partition coefficient (Wildman–Crippen LogP) is 5.73. The van der Waals surface area contributed by atoms with Crippen LogP contribution in [0, 0.1) is 0 Å². The summed E-state index contributed by atoms with van der Waals surface area (Å²) in [5.41, 5.74) is 3.11. The van der Waals surface area contributed by atoms with Crippen molar-refractivity contribution in [1.29, 1.82) is 0 Å². The molecule has 2 heteroatoms. The summed E-state index contributed by atoms with van der Waals surface area (Å²) in [5.74, 6) is 1.54. The summed E-state index contributed by atoms with van der Waals surface area (Å²) < 4.78 is 0. The monoisotopic (exact) mass is 270 g/mol. The summed E-state index contributed by atoms with van der Waals surface area (Å²) in [7, 11) is 0. The molecule has 0 aliphatic rings. The van der Waals surface area contributed by atoms with E-state index in [0.717, 1.165) is 11.8 Å². The van der Waals surface area contributed by atoms with Crippen molar-refractivity contribution in [2.45, 2.75) is 90.9 Å². The Morgan fingerprint density at radius 2 is 1.30 bits per heavy atom. The summed E-state index contributed by atoms with van der Waals surface area (Å²) >= 11 is 0. The molecule has 1 unspecified atom stereocenters. The topological polar surface area (TPSA) is 0 Å². The molecule has 0 aliphatic heterocycles. The standard InChI is InChI=1S/C18H32B2/c1-5-9-12-15(8-4)17-13-14-18(20-19-17)16(10-6-2)11-7-3/h13-16H,5-12H2,1-4H3. The van der Waals surface area contributed by atoms with Crippen molar-refractivity contribution in [1.82, 2.24) is 0 Å². The molecule has 0 bridgehead atoms. The van der Waals surface area contributed by atoms with Gasteiger partial charge < -0.3 is 0 Å². The average Bonchev–Trinajstić information content (AvgIpc) is 2.48. The third-order valence-electron chi connectivity index (χ3n) is 4.55. The molecule has 0 amide bonds. The Hall–Kier alpha value is -0.390. The first-order chi connectivity index (χ1) is 9.76. The Morgan fingerprint density at radius 3 is 1.70 bits per heavy atom. The maximum absolute atomic E-state index is 2.40. The van der Waals surface area contributed by atoms with E-state index in [1.807, 2.05) is 0 Å². The minimum absolute atomic E-state index is 0.764. The van der Waals surface area contributed by atoms with Gasteiger partial charge in [-0.3, -0.25) is 0 Å². The Balaban J connectivity index is 2.74. The van der Waals surface area contributed by atoms with Gasteiger partial charge in [-0.25, -0.2) is 0 Å². The number of hydrogen-bond donors (Lipinski definition) is 0. The van der Waals surface area contributed by atoms with Crippen LogP contribution in [0.1, 0.15) is 102 Å². The molecule has 110 valence electrons. The Labute approximate surface area is 128 Å². The molecule has 1 atom stereocenters. The first-order valence-electron chi connectivity index (χ1n) is 8.86. The molecule has 1 aromatic rings. The van der Waals surface area contributed by atoms with E-state index < -0.39 is 0 Å². The first kappa shape index (κ1) is 17.7. The van der Waals surface area contributed by atoms with Crippen LogP contribution < -0.4 is 0 Å². The van der Waals surface area contributed by atoms with Crippen molar-refractivity contribution in [2.75, 3.05) is 0 Å². The van der Waals surface area contributed by atoms with Crippen LogP contribution in [0.3, 0.4) is 0 Å². The molecule has 1 aromatic heterocycles. The SMILES string of the molecule is CCCCC(CC)c1bbc(C(CCC)CCC)cc1. The van der Waals surface area contributed by atoms with Gasteiger partial charge in [0.05, 0.1) is 0 Å². The molecular weight excluding hydrogens is 238 g/mol. The van der Waals surface area contributed by atoms with Crippen LogP contribution in [0.4, 0.5) is 0 Å². The number of hydrogen-bond acceptors (Lipinski definition) is 0. The number of rotatable bonds is 10. The van der Waals surface area contributed by atoms with E-state index in [-0.39, 0.29) is 0 Å². The van der Waals surface area contributed by atoms with Gasteiger partial charge in [0, 0.05) is 0 Å². The predicted molar refractivity (Wildman–Crippen MR) is 94.3 cm³/mol. The normalized spacial score (nSPS) is 12.4. The van der Waals surface area contributed by atoms with Gasteiger partial charge in [-0.1, -0.05) is 0 Å². The van der Waals surface area contributed by atoms with Crippen molar-refractivity contribution in [2.24, 2.45) is 0 Å². The fourth-order valence-electron chi connectivity index (χ4n) is 3.27. The second-order valence-corrected chi connectivity index (χ2v) is 6.19. The third-order valence-corrected chi connectivity index (χ3v) is 4.55. The van der Waals surface area contributed by atoms with Crippen LogP contribution in [0.5, 0.6) is 0 Å². The zero-order valence-electron chi connectivity index (χ0n) is 14.1. The van der Waals surface area contributed by atoms with Gasteiger partial charge in [0.1, 0.15) is 0 Å². The van der Waals surface area contributed by atoms with Gasteiger partial charge in [-0.2, -0.15) is 0 Å². The second-order valence-electron chi connectivity index (χ2n) is 6.19. The summed E-state index contributed by atoms with van der Waals surface area (Å²) in [6.45, 7) is 14.0. The molecule has 0 fully saturated rings. The van der Waals surface area contributed by atoms with Crippen LogP contribution >= 0.6 is 0 Å². The maximum atomic E-state index is 2.40. The Morgan fingerprint density at radius 1 is 0.750 bits per heavy atom. The molecule has 0 spiro atoms. The summed E-state index contributed by atoms with van der Waals surface area (Å²) in [4.78, 5) is 0. The fourth-order valence-corrected chi connectivity index (χ4v) is 3.27. The Bertz CT molecular complexity index is 339. The van der Waals surface area contributed by atoms with Gasteiger partial charge in [0.15, 0.2) is 0 Å². The molecule has 0 N–H and O–H groups in total. The first-order valence-corrected chi connectivity index (χ1v) is 8.86. The zero-order chi connectivity index (χ0) is 14.8. The molecule has 0 aromatic carbocycles. The fraction of sp³-hybridized carbons (Fsp3) is 0.778. The van der Waals surface area contributed by atoms with Gasteiger partial charge >= 0.3 is 128 Å². The van der Waals surface area contributed by atoms with Crippen molar-refractivity contribution in [3.63, 3.8) is 0 Å². The minimum atomic E-state index is 0.764. The summed E-state index contributed by atoms with van der Waals surface area (Å²) in [6, 6.07) is 4.80. The van der Waals surface area contributed by atoms with E-state index in [9.17, 15) is 0 Å². The van der Waals surface area contributed by atoms with Crippen LogP contribution in [-0.4, -0.2) is 13.6 Å². The summed E-state index contributed by atoms with van der Waals surface area (Å²) in [6.07, 6.45) is 10.5. The van der Waals surface area contributed by atoms with E-state index in [2.05, 4.69) is 53.4 Å². The van der Waals surface area contributed by atoms with Crippen molar-refractivity contribution in [3.8, 4) is 0 Å². The molecule has 0 aliphatic carbocycles. The average molecular weight is 270 g/mol. The second kappa shape index (κ2) is 10.4. The number of unbranched alkanes of at least 4 members (excludes halogenated alkanes) is 1. The van der Waals surface area contributed by atoms with Gasteiger partial charge in [-0.05, 0) is 0 Å². The van der Waals surface area contributed by atoms with E-state index in [0.29, 0.717) is 0 Å². The van der Waals surface area contributed by atoms with Gasteiger partial charge in [0.2, 0.25) is 0 Å². The van der Waals surface area contributed by atoms with E-state index in [1.165, 1.54) is 51.4 Å². The van der Waals surface area contributed by atoms with E-state index in [4.69, 9.17) is 0 Å². The van der Waals surface area contributed by atoms with Gasteiger partial charge in [-0.15, -0.1) is 0 Å². The van der Waals surface area contributed by atoms with Crippen LogP contribution in [0.25, 0.3) is 0 Å². The van der Waals surface area contributed by atoms with Gasteiger partial charge in [0.25, 0.3) is 0 Å². The molecule has 0 radical (unpaired) electrons. The van der Waals surface area contributed by atoms with Crippen molar-refractivity contribution in [3.05, 3.63) is 23.1 Å². The van der Waals surface area contributed by atoms with Crippen LogP contribution in [0.2, 0.25) is 0 Å². The molecule has 0 saturated carbocycles. The third kappa shape index (κ3) is 5.54.